The average molecular weight is 296 g/mol. The van der Waals surface area contributed by atoms with Gasteiger partial charge in [-0.25, -0.2) is 0 Å². The molecule has 0 aliphatic heterocycles. The van der Waals surface area contributed by atoms with Crippen molar-refractivity contribution in [3.05, 3.63) is 58.5 Å². The Morgan fingerprint density at radius 3 is 1.73 bits per heavy atom. The van der Waals surface area contributed by atoms with Gasteiger partial charge in [-0.1, -0.05) is 6.92 Å². The highest BCUT2D eigenvalue weighted by atomic mass is 16.3. The summed E-state index contributed by atoms with van der Waals surface area (Å²) in [7, 11) is 0. The van der Waals surface area contributed by atoms with Crippen LogP contribution in [-0.2, 0) is 4.79 Å². The Morgan fingerprint density at radius 1 is 0.909 bits per heavy atom. The van der Waals surface area contributed by atoms with Crippen molar-refractivity contribution in [1.29, 1.82) is 0 Å². The quantitative estimate of drug-likeness (QED) is 0.736. The predicted octanol–water partition coefficient (Wildman–Crippen LogP) is 4.96. The molecule has 1 fully saturated rings. The lowest BCUT2D eigenvalue weighted by atomic mass is 9.81. The number of Topliss-reactive ketones (excluding diaryl/α,β-unsaturated/α-hetero) is 1. The molecule has 0 radical (unpaired) electrons. The van der Waals surface area contributed by atoms with Crippen molar-refractivity contribution in [1.82, 2.24) is 0 Å². The molecule has 22 heavy (non-hydrogen) atoms. The predicted molar refractivity (Wildman–Crippen MR) is 86.2 cm³/mol. The first-order valence-electron chi connectivity index (χ1n) is 7.60. The Morgan fingerprint density at radius 2 is 1.36 bits per heavy atom. The molecule has 3 rings (SSSR count). The number of hydrogen-bond acceptors (Lipinski definition) is 3. The summed E-state index contributed by atoms with van der Waals surface area (Å²) in [4.78, 5) is 12.7. The Balaban J connectivity index is 1.91. The van der Waals surface area contributed by atoms with Gasteiger partial charge in [0.2, 0.25) is 0 Å². The SMILES string of the molecule is Cc1ccc(C=C2CC(C)C/C(=C/c3ccc(C)o3)C2=O)o1. The zero-order valence-corrected chi connectivity index (χ0v) is 13.2. The Labute approximate surface area is 130 Å². The molecule has 0 saturated heterocycles. The van der Waals surface area contributed by atoms with Gasteiger partial charge in [0.05, 0.1) is 0 Å². The van der Waals surface area contributed by atoms with Crippen LogP contribution in [0.25, 0.3) is 12.2 Å². The molecule has 1 saturated carbocycles. The normalized spacial score (nSPS) is 22.7. The van der Waals surface area contributed by atoms with Crippen LogP contribution in [0.4, 0.5) is 0 Å². The zero-order valence-electron chi connectivity index (χ0n) is 13.2. The molecule has 1 unspecified atom stereocenters. The van der Waals surface area contributed by atoms with E-state index in [1.54, 1.807) is 0 Å². The third-order valence-corrected chi connectivity index (χ3v) is 3.88. The van der Waals surface area contributed by atoms with Gasteiger partial charge in [-0.05, 0) is 69.0 Å². The minimum Gasteiger partial charge on any atom is -0.462 e. The molecule has 0 spiro atoms. The molecule has 0 bridgehead atoms. The summed E-state index contributed by atoms with van der Waals surface area (Å²) >= 11 is 0. The minimum absolute atomic E-state index is 0.0983. The summed E-state index contributed by atoms with van der Waals surface area (Å²) in [5.41, 5.74) is 1.62. The number of hydrogen-bond donors (Lipinski definition) is 0. The van der Waals surface area contributed by atoms with Crippen LogP contribution in [0.3, 0.4) is 0 Å². The van der Waals surface area contributed by atoms with E-state index >= 15 is 0 Å². The van der Waals surface area contributed by atoms with Gasteiger partial charge in [-0.3, -0.25) is 4.79 Å². The topological polar surface area (TPSA) is 43.4 Å². The summed E-state index contributed by atoms with van der Waals surface area (Å²) in [6.07, 6.45) is 5.30. The van der Waals surface area contributed by atoms with Gasteiger partial charge in [-0.2, -0.15) is 0 Å². The number of carbonyl (C=O) groups excluding carboxylic acids is 1. The van der Waals surface area contributed by atoms with E-state index < -0.39 is 0 Å². The second-order valence-electron chi connectivity index (χ2n) is 6.08. The Hall–Kier alpha value is -2.29. The lowest BCUT2D eigenvalue weighted by Gasteiger charge is -2.22. The highest BCUT2D eigenvalue weighted by Crippen LogP contribution is 2.32. The van der Waals surface area contributed by atoms with Crippen LogP contribution in [0, 0.1) is 19.8 Å². The molecule has 0 N–H and O–H groups in total. The molecular weight excluding hydrogens is 276 g/mol. The van der Waals surface area contributed by atoms with Crippen molar-refractivity contribution in [2.45, 2.75) is 33.6 Å². The number of allylic oxidation sites excluding steroid dienone is 2. The number of carbonyl (C=O) groups is 1. The van der Waals surface area contributed by atoms with Crippen molar-refractivity contribution in [2.24, 2.45) is 5.92 Å². The van der Waals surface area contributed by atoms with Gasteiger partial charge < -0.3 is 8.83 Å². The molecule has 1 atom stereocenters. The number of furan rings is 2. The molecule has 2 aromatic heterocycles. The van der Waals surface area contributed by atoms with Gasteiger partial charge >= 0.3 is 0 Å². The Kier molecular flexibility index (Phi) is 3.88. The maximum atomic E-state index is 12.7. The summed E-state index contributed by atoms with van der Waals surface area (Å²) in [5.74, 6) is 3.71. The maximum Gasteiger partial charge on any atom is 0.185 e. The number of ketones is 1. The molecule has 114 valence electrons. The molecule has 1 aliphatic rings. The standard InChI is InChI=1S/C19H20O3/c1-12-8-15(10-17-6-4-13(2)21-17)19(20)16(9-12)11-18-7-5-14(3)22-18/h4-7,10-12H,8-9H2,1-3H3/b15-10-,16-11?. The maximum absolute atomic E-state index is 12.7. The van der Waals surface area contributed by atoms with Gasteiger partial charge in [0.25, 0.3) is 0 Å². The van der Waals surface area contributed by atoms with Gasteiger partial charge in [0.1, 0.15) is 23.0 Å². The zero-order chi connectivity index (χ0) is 15.7. The second-order valence-corrected chi connectivity index (χ2v) is 6.08. The van der Waals surface area contributed by atoms with E-state index in [2.05, 4.69) is 6.92 Å². The largest absolute Gasteiger partial charge is 0.462 e. The third-order valence-electron chi connectivity index (χ3n) is 3.88. The second kappa shape index (κ2) is 5.84. The molecular formula is C19H20O3. The summed E-state index contributed by atoms with van der Waals surface area (Å²) in [6.45, 7) is 5.96. The molecule has 0 amide bonds. The summed E-state index contributed by atoms with van der Waals surface area (Å²) in [6, 6.07) is 7.61. The van der Waals surface area contributed by atoms with Crippen LogP contribution in [0.15, 0.2) is 44.2 Å². The van der Waals surface area contributed by atoms with E-state index in [1.807, 2.05) is 50.3 Å². The van der Waals surface area contributed by atoms with Gasteiger partial charge in [-0.15, -0.1) is 0 Å². The fourth-order valence-electron chi connectivity index (χ4n) is 2.87. The van der Waals surface area contributed by atoms with E-state index in [1.165, 1.54) is 0 Å². The fraction of sp³-hybridized carbons (Fsp3) is 0.316. The molecule has 2 heterocycles. The molecule has 0 aromatic carbocycles. The third kappa shape index (κ3) is 3.14. The van der Waals surface area contributed by atoms with Crippen LogP contribution in [-0.4, -0.2) is 5.78 Å². The van der Waals surface area contributed by atoms with Crippen LogP contribution in [0.2, 0.25) is 0 Å². The van der Waals surface area contributed by atoms with Crippen LogP contribution < -0.4 is 0 Å². The fourth-order valence-corrected chi connectivity index (χ4v) is 2.87. The lowest BCUT2D eigenvalue weighted by Crippen LogP contribution is -2.18. The first-order valence-corrected chi connectivity index (χ1v) is 7.60. The van der Waals surface area contributed by atoms with E-state index in [0.717, 1.165) is 47.0 Å². The van der Waals surface area contributed by atoms with Crippen LogP contribution in [0.5, 0.6) is 0 Å². The smallest absolute Gasteiger partial charge is 0.185 e. The van der Waals surface area contributed by atoms with Crippen LogP contribution >= 0.6 is 0 Å². The lowest BCUT2D eigenvalue weighted by molar-refractivity contribution is -0.113. The van der Waals surface area contributed by atoms with Crippen molar-refractivity contribution in [3.63, 3.8) is 0 Å². The molecule has 2 aromatic rings. The van der Waals surface area contributed by atoms with Gasteiger partial charge in [0, 0.05) is 11.1 Å². The summed E-state index contributed by atoms with van der Waals surface area (Å²) < 4.78 is 11.1. The van der Waals surface area contributed by atoms with Crippen molar-refractivity contribution >= 4 is 17.9 Å². The van der Waals surface area contributed by atoms with Gasteiger partial charge in [0.15, 0.2) is 5.78 Å². The summed E-state index contributed by atoms with van der Waals surface area (Å²) in [5, 5.41) is 0. The monoisotopic (exact) mass is 296 g/mol. The van der Waals surface area contributed by atoms with E-state index in [4.69, 9.17) is 8.83 Å². The van der Waals surface area contributed by atoms with Crippen molar-refractivity contribution in [2.75, 3.05) is 0 Å². The minimum atomic E-state index is 0.0983. The van der Waals surface area contributed by atoms with E-state index in [9.17, 15) is 4.79 Å². The molecule has 3 heteroatoms. The van der Waals surface area contributed by atoms with E-state index in [-0.39, 0.29) is 5.78 Å². The highest BCUT2D eigenvalue weighted by molar-refractivity contribution is 6.13. The average Bonchev–Trinajstić information content (AvgIpc) is 3.04. The van der Waals surface area contributed by atoms with E-state index in [0.29, 0.717) is 5.92 Å². The molecule has 3 nitrogen and oxygen atoms in total. The van der Waals surface area contributed by atoms with Crippen LogP contribution in [0.1, 0.15) is 42.8 Å². The first kappa shape index (κ1) is 14.6. The Bertz CT molecular complexity index is 693. The highest BCUT2D eigenvalue weighted by Gasteiger charge is 2.25. The number of aryl methyl sites for hydroxylation is 2. The molecule has 1 aliphatic carbocycles. The van der Waals surface area contributed by atoms with Crippen molar-refractivity contribution in [3.8, 4) is 0 Å². The first-order chi connectivity index (χ1) is 10.5. The van der Waals surface area contributed by atoms with Crippen molar-refractivity contribution < 1.29 is 13.6 Å². The number of rotatable bonds is 2.